The molecule has 5 nitrogen and oxygen atoms in total. The lowest BCUT2D eigenvalue weighted by Gasteiger charge is -2.32. The van der Waals surface area contributed by atoms with Crippen LogP contribution < -0.4 is 4.72 Å². The van der Waals surface area contributed by atoms with Gasteiger partial charge in [0.1, 0.15) is 0 Å². The summed E-state index contributed by atoms with van der Waals surface area (Å²) < 4.78 is 36.7. The molecule has 0 aromatic rings. The van der Waals surface area contributed by atoms with Gasteiger partial charge in [-0.25, -0.2) is 13.1 Å². The number of rotatable bonds is 1. The smallest absolute Gasteiger partial charge is 0.403 e. The maximum atomic E-state index is 11.3. The molecule has 0 saturated carbocycles. The number of hydrogen-bond donors (Lipinski definition) is 1. The fourth-order valence-electron chi connectivity index (χ4n) is 1.89. The molecule has 1 atom stereocenters. The van der Waals surface area contributed by atoms with Crippen LogP contribution >= 0.6 is 0 Å². The van der Waals surface area contributed by atoms with E-state index in [2.05, 4.69) is 4.72 Å². The van der Waals surface area contributed by atoms with Crippen molar-refractivity contribution in [2.45, 2.75) is 44.7 Å². The third-order valence-corrected chi connectivity index (χ3v) is 5.13. The molecule has 7 heteroatoms. The highest BCUT2D eigenvalue weighted by atomic mass is 32.2. The third-order valence-electron chi connectivity index (χ3n) is 3.66. The van der Waals surface area contributed by atoms with Crippen LogP contribution in [0.1, 0.15) is 27.7 Å². The highest BCUT2D eigenvalue weighted by Crippen LogP contribution is 2.40. The Hall–Kier alpha value is -0.105. The van der Waals surface area contributed by atoms with E-state index in [9.17, 15) is 8.42 Å². The van der Waals surface area contributed by atoms with E-state index in [1.807, 2.05) is 27.7 Å². The zero-order chi connectivity index (χ0) is 12.2. The molecule has 0 aliphatic carbocycles. The molecule has 2 saturated heterocycles. The molecule has 2 aliphatic rings. The van der Waals surface area contributed by atoms with Crippen molar-refractivity contribution in [3.63, 3.8) is 0 Å². The Kier molecular flexibility index (Phi) is 2.66. The van der Waals surface area contributed by atoms with Crippen LogP contribution in [0.3, 0.4) is 0 Å². The van der Waals surface area contributed by atoms with Crippen molar-refractivity contribution < 1.29 is 17.7 Å². The quantitative estimate of drug-likeness (QED) is 0.680. The Morgan fingerprint density at radius 1 is 1.19 bits per heavy atom. The van der Waals surface area contributed by atoms with E-state index >= 15 is 0 Å². The summed E-state index contributed by atoms with van der Waals surface area (Å²) in [4.78, 5) is 0. The van der Waals surface area contributed by atoms with Gasteiger partial charge in [-0.3, -0.25) is 0 Å². The lowest BCUT2D eigenvalue weighted by molar-refractivity contribution is 0.00578. The number of nitrogens with one attached hydrogen (secondary N) is 1. The monoisotopic (exact) mass is 247 g/mol. The summed E-state index contributed by atoms with van der Waals surface area (Å²) in [5, 5.41) is 0. The molecular weight excluding hydrogens is 229 g/mol. The molecule has 92 valence electrons. The Morgan fingerprint density at radius 3 is 2.06 bits per heavy atom. The predicted octanol–water partition coefficient (Wildman–Crippen LogP) is 0.382. The second kappa shape index (κ2) is 3.44. The standard InChI is InChI=1S/C9H18BNO4S/c1-8(2)9(3,4)15-10(14-8)7-5-11-16(12,13)6-7/h7,11H,5-6H2,1-4H3. The predicted molar refractivity (Wildman–Crippen MR) is 61.6 cm³/mol. The van der Waals surface area contributed by atoms with Crippen LogP contribution in [0, 0.1) is 0 Å². The molecule has 1 N–H and O–H groups in total. The average molecular weight is 247 g/mol. The first-order valence-corrected chi connectivity index (χ1v) is 7.11. The molecule has 0 spiro atoms. The summed E-state index contributed by atoms with van der Waals surface area (Å²) in [5.41, 5.74) is -0.798. The van der Waals surface area contributed by atoms with Crippen molar-refractivity contribution >= 4 is 17.1 Å². The molecule has 2 fully saturated rings. The van der Waals surface area contributed by atoms with E-state index in [4.69, 9.17) is 9.31 Å². The van der Waals surface area contributed by atoms with Crippen LogP contribution in [0.5, 0.6) is 0 Å². The molecule has 2 rings (SSSR count). The van der Waals surface area contributed by atoms with Gasteiger partial charge in [0, 0.05) is 12.4 Å². The lowest BCUT2D eigenvalue weighted by atomic mass is 9.73. The minimum absolute atomic E-state index is 0.0871. The SMILES string of the molecule is CC1(C)OB(C2CNS(=O)(=O)C2)OC1(C)C. The molecular formula is C9H18BNO4S. The van der Waals surface area contributed by atoms with Crippen LogP contribution in [-0.4, -0.2) is 39.0 Å². The van der Waals surface area contributed by atoms with Crippen molar-refractivity contribution in [2.24, 2.45) is 0 Å². The molecule has 0 aromatic carbocycles. The zero-order valence-electron chi connectivity index (χ0n) is 10.1. The van der Waals surface area contributed by atoms with Crippen molar-refractivity contribution in [3.8, 4) is 0 Å². The maximum absolute atomic E-state index is 11.3. The first kappa shape index (κ1) is 12.4. The van der Waals surface area contributed by atoms with Gasteiger partial charge in [0.25, 0.3) is 0 Å². The highest BCUT2D eigenvalue weighted by Gasteiger charge is 2.55. The lowest BCUT2D eigenvalue weighted by Crippen LogP contribution is -2.41. The van der Waals surface area contributed by atoms with Gasteiger partial charge in [-0.1, -0.05) is 0 Å². The van der Waals surface area contributed by atoms with E-state index in [0.717, 1.165) is 0 Å². The fourth-order valence-corrected chi connectivity index (χ4v) is 3.31. The van der Waals surface area contributed by atoms with E-state index in [-0.39, 0.29) is 11.6 Å². The van der Waals surface area contributed by atoms with Crippen LogP contribution in [0.15, 0.2) is 0 Å². The molecule has 0 aromatic heterocycles. The average Bonchev–Trinajstić information content (AvgIpc) is 2.52. The molecule has 1 unspecified atom stereocenters. The molecule has 0 radical (unpaired) electrons. The van der Waals surface area contributed by atoms with E-state index in [0.29, 0.717) is 6.54 Å². The van der Waals surface area contributed by atoms with Gasteiger partial charge in [0.15, 0.2) is 0 Å². The topological polar surface area (TPSA) is 64.6 Å². The number of sulfonamides is 1. The van der Waals surface area contributed by atoms with Crippen LogP contribution in [0.25, 0.3) is 0 Å². The first-order chi connectivity index (χ1) is 7.13. The summed E-state index contributed by atoms with van der Waals surface area (Å²) in [6.07, 6.45) is 0. The van der Waals surface area contributed by atoms with E-state index < -0.39 is 28.3 Å². The molecule has 2 aliphatic heterocycles. The van der Waals surface area contributed by atoms with Gasteiger partial charge in [-0.15, -0.1) is 0 Å². The Morgan fingerprint density at radius 2 is 1.69 bits per heavy atom. The molecule has 16 heavy (non-hydrogen) atoms. The van der Waals surface area contributed by atoms with Crippen molar-refractivity contribution in [2.75, 3.05) is 12.3 Å². The summed E-state index contributed by atoms with van der Waals surface area (Å²) >= 11 is 0. The second-order valence-electron chi connectivity index (χ2n) is 5.51. The fraction of sp³-hybridized carbons (Fsp3) is 1.00. The third kappa shape index (κ3) is 2.01. The van der Waals surface area contributed by atoms with Gasteiger partial charge < -0.3 is 9.31 Å². The zero-order valence-corrected chi connectivity index (χ0v) is 10.9. The summed E-state index contributed by atoms with van der Waals surface area (Å²) in [7, 11) is -3.55. The summed E-state index contributed by atoms with van der Waals surface area (Å²) in [6.45, 7) is 8.25. The Bertz CT molecular complexity index is 376. The van der Waals surface area contributed by atoms with Gasteiger partial charge >= 0.3 is 7.12 Å². The minimum Gasteiger partial charge on any atom is -0.403 e. The first-order valence-electron chi connectivity index (χ1n) is 5.46. The largest absolute Gasteiger partial charge is 0.463 e. The van der Waals surface area contributed by atoms with Gasteiger partial charge in [0.05, 0.1) is 17.0 Å². The number of hydrogen-bond acceptors (Lipinski definition) is 4. The Balaban J connectivity index is 2.10. The van der Waals surface area contributed by atoms with Gasteiger partial charge in [0.2, 0.25) is 10.0 Å². The summed E-state index contributed by atoms with van der Waals surface area (Å²) in [6, 6.07) is 0. The molecule has 0 amide bonds. The molecule has 2 heterocycles. The van der Waals surface area contributed by atoms with Gasteiger partial charge in [-0.05, 0) is 27.7 Å². The second-order valence-corrected chi connectivity index (χ2v) is 7.37. The van der Waals surface area contributed by atoms with Crippen LogP contribution in [0.4, 0.5) is 0 Å². The van der Waals surface area contributed by atoms with Gasteiger partial charge in [-0.2, -0.15) is 0 Å². The Labute approximate surface area is 97.1 Å². The van der Waals surface area contributed by atoms with Crippen LogP contribution in [-0.2, 0) is 19.3 Å². The highest BCUT2D eigenvalue weighted by molar-refractivity contribution is 7.89. The van der Waals surface area contributed by atoms with Crippen molar-refractivity contribution in [1.29, 1.82) is 0 Å². The summed E-state index contributed by atoms with van der Waals surface area (Å²) in [5.74, 6) is -0.0323. The maximum Gasteiger partial charge on any atom is 0.463 e. The minimum atomic E-state index is -3.12. The van der Waals surface area contributed by atoms with E-state index in [1.54, 1.807) is 0 Å². The van der Waals surface area contributed by atoms with Crippen LogP contribution in [0.2, 0.25) is 5.82 Å². The molecule has 0 bridgehead atoms. The van der Waals surface area contributed by atoms with Crippen molar-refractivity contribution in [3.05, 3.63) is 0 Å². The van der Waals surface area contributed by atoms with E-state index in [1.165, 1.54) is 0 Å². The van der Waals surface area contributed by atoms with Crippen molar-refractivity contribution in [1.82, 2.24) is 4.72 Å². The normalized spacial score (nSPS) is 35.5.